The molecule has 0 saturated carbocycles. The molecule has 0 unspecified atom stereocenters. The highest BCUT2D eigenvalue weighted by Gasteiger charge is 1.87. The number of hydrogen-bond acceptors (Lipinski definition) is 1. The fourth-order valence-corrected chi connectivity index (χ4v) is 1.23. The van der Waals surface area contributed by atoms with Crippen molar-refractivity contribution in [2.45, 2.75) is 58.8 Å². The van der Waals surface area contributed by atoms with Crippen LogP contribution in [0.15, 0.2) is 12.2 Å². The Hall–Kier alpha value is -0.590. The van der Waals surface area contributed by atoms with Crippen LogP contribution in [0, 0.1) is 0 Å². The van der Waals surface area contributed by atoms with Crippen molar-refractivity contribution in [2.24, 2.45) is 0 Å². The molecule has 0 aliphatic heterocycles. The zero-order chi connectivity index (χ0) is 9.94. The minimum absolute atomic E-state index is 0.252. The summed E-state index contributed by atoms with van der Waals surface area (Å²) in [6.07, 6.45) is 12.5. The maximum atomic E-state index is 10.6. The number of unbranched alkanes of at least 4 members (excludes halogenated alkanes) is 5. The van der Waals surface area contributed by atoms with Crippen LogP contribution >= 0.6 is 0 Å². The lowest BCUT2D eigenvalue weighted by atomic mass is 10.1. The normalized spacial score (nSPS) is 10.9. The van der Waals surface area contributed by atoms with Gasteiger partial charge in [0.2, 0.25) is 0 Å². The van der Waals surface area contributed by atoms with Gasteiger partial charge in [-0.1, -0.05) is 44.8 Å². The van der Waals surface area contributed by atoms with E-state index in [1.54, 1.807) is 6.92 Å². The molecule has 0 aromatic heterocycles. The quantitative estimate of drug-likeness (QED) is 0.411. The third-order valence-electron chi connectivity index (χ3n) is 2.05. The zero-order valence-electron chi connectivity index (χ0n) is 9.01. The first-order chi connectivity index (χ1) is 6.27. The molecular formula is C12H22O. The summed E-state index contributed by atoms with van der Waals surface area (Å²) < 4.78 is 0. The van der Waals surface area contributed by atoms with Crippen molar-refractivity contribution in [2.75, 3.05) is 0 Å². The molecule has 0 aliphatic rings. The first kappa shape index (κ1) is 12.4. The smallest absolute Gasteiger partial charge is 0.133 e. The van der Waals surface area contributed by atoms with E-state index < -0.39 is 0 Å². The molecule has 76 valence electrons. The number of hydrogen-bond donors (Lipinski definition) is 0. The number of ketones is 1. The van der Waals surface area contributed by atoms with E-state index in [2.05, 4.69) is 13.0 Å². The van der Waals surface area contributed by atoms with Gasteiger partial charge in [-0.3, -0.25) is 4.79 Å². The van der Waals surface area contributed by atoms with Crippen LogP contribution in [0.3, 0.4) is 0 Å². The first-order valence-electron chi connectivity index (χ1n) is 5.41. The molecule has 0 N–H and O–H groups in total. The lowest BCUT2D eigenvalue weighted by molar-refractivity contribution is -0.116. The van der Waals surface area contributed by atoms with Crippen LogP contribution in [-0.4, -0.2) is 5.78 Å². The predicted molar refractivity (Wildman–Crippen MR) is 57.8 cm³/mol. The van der Waals surface area contributed by atoms with Gasteiger partial charge in [0.25, 0.3) is 0 Å². The SMILES string of the molecule is CCCCCCC/C=C/CC(C)=O. The number of Topliss-reactive ketones (excluding diaryl/α,β-unsaturated/α-hetero) is 1. The van der Waals surface area contributed by atoms with Crippen LogP contribution in [0.2, 0.25) is 0 Å². The molecule has 0 saturated heterocycles. The van der Waals surface area contributed by atoms with Gasteiger partial charge in [0, 0.05) is 6.42 Å². The Labute approximate surface area is 82.2 Å². The van der Waals surface area contributed by atoms with Crippen molar-refractivity contribution in [3.05, 3.63) is 12.2 Å². The minimum atomic E-state index is 0.252. The van der Waals surface area contributed by atoms with E-state index in [4.69, 9.17) is 0 Å². The summed E-state index contributed by atoms with van der Waals surface area (Å²) in [5, 5.41) is 0. The van der Waals surface area contributed by atoms with Gasteiger partial charge in [-0.25, -0.2) is 0 Å². The molecule has 13 heavy (non-hydrogen) atoms. The van der Waals surface area contributed by atoms with Crippen molar-refractivity contribution < 1.29 is 4.79 Å². The highest BCUT2D eigenvalue weighted by Crippen LogP contribution is 2.05. The molecule has 1 heteroatoms. The summed E-state index contributed by atoms with van der Waals surface area (Å²) in [4.78, 5) is 10.6. The Kier molecular flexibility index (Phi) is 9.07. The van der Waals surface area contributed by atoms with E-state index in [-0.39, 0.29) is 5.78 Å². The molecule has 0 atom stereocenters. The topological polar surface area (TPSA) is 17.1 Å². The molecule has 0 fully saturated rings. The van der Waals surface area contributed by atoms with Gasteiger partial charge < -0.3 is 0 Å². The highest BCUT2D eigenvalue weighted by molar-refractivity contribution is 5.76. The van der Waals surface area contributed by atoms with Crippen LogP contribution in [-0.2, 0) is 4.79 Å². The summed E-state index contributed by atoms with van der Waals surface area (Å²) in [7, 11) is 0. The molecule has 0 rings (SSSR count). The zero-order valence-corrected chi connectivity index (χ0v) is 9.01. The third-order valence-corrected chi connectivity index (χ3v) is 2.05. The monoisotopic (exact) mass is 182 g/mol. The summed E-state index contributed by atoms with van der Waals surface area (Å²) >= 11 is 0. The fraction of sp³-hybridized carbons (Fsp3) is 0.750. The van der Waals surface area contributed by atoms with E-state index >= 15 is 0 Å². The van der Waals surface area contributed by atoms with E-state index in [0.29, 0.717) is 6.42 Å². The van der Waals surface area contributed by atoms with Crippen molar-refractivity contribution >= 4 is 5.78 Å². The van der Waals surface area contributed by atoms with Gasteiger partial charge in [0.1, 0.15) is 5.78 Å². The van der Waals surface area contributed by atoms with E-state index in [0.717, 1.165) is 6.42 Å². The lowest BCUT2D eigenvalue weighted by Crippen LogP contribution is -1.84. The molecule has 0 radical (unpaired) electrons. The molecule has 0 spiro atoms. The Balaban J connectivity index is 3.06. The van der Waals surface area contributed by atoms with Gasteiger partial charge in [-0.05, 0) is 19.8 Å². The second-order valence-electron chi connectivity index (χ2n) is 3.58. The average molecular weight is 182 g/mol. The summed E-state index contributed by atoms with van der Waals surface area (Å²) in [5.74, 6) is 0.252. The molecular weight excluding hydrogens is 160 g/mol. The maximum Gasteiger partial charge on any atom is 0.133 e. The highest BCUT2D eigenvalue weighted by atomic mass is 16.1. The van der Waals surface area contributed by atoms with Crippen LogP contribution in [0.5, 0.6) is 0 Å². The Morgan fingerprint density at radius 3 is 2.38 bits per heavy atom. The van der Waals surface area contributed by atoms with Crippen LogP contribution in [0.4, 0.5) is 0 Å². The molecule has 1 nitrogen and oxygen atoms in total. The largest absolute Gasteiger partial charge is 0.300 e. The standard InChI is InChI=1S/C12H22O/c1-3-4-5-6-7-8-9-10-11-12(2)13/h9-10H,3-8,11H2,1-2H3/b10-9+. The second kappa shape index (κ2) is 9.50. The summed E-state index contributed by atoms with van der Waals surface area (Å²) in [5.41, 5.74) is 0. The number of allylic oxidation sites excluding steroid dienone is 2. The van der Waals surface area contributed by atoms with E-state index in [1.807, 2.05) is 6.08 Å². The Bertz CT molecular complexity index is 147. The van der Waals surface area contributed by atoms with Crippen LogP contribution < -0.4 is 0 Å². The number of rotatable bonds is 8. The predicted octanol–water partition coefficient (Wildman–Crippen LogP) is 3.88. The Morgan fingerprint density at radius 2 is 1.77 bits per heavy atom. The Morgan fingerprint density at radius 1 is 1.08 bits per heavy atom. The summed E-state index contributed by atoms with van der Waals surface area (Å²) in [6.45, 7) is 3.86. The van der Waals surface area contributed by atoms with Crippen molar-refractivity contribution in [3.8, 4) is 0 Å². The third kappa shape index (κ3) is 11.4. The number of carbonyl (C=O) groups is 1. The molecule has 0 heterocycles. The average Bonchev–Trinajstić information content (AvgIpc) is 2.09. The number of carbonyl (C=O) groups excluding carboxylic acids is 1. The fourth-order valence-electron chi connectivity index (χ4n) is 1.23. The molecule has 0 aromatic rings. The van der Waals surface area contributed by atoms with Crippen LogP contribution in [0.25, 0.3) is 0 Å². The van der Waals surface area contributed by atoms with Gasteiger partial charge in [0.15, 0.2) is 0 Å². The van der Waals surface area contributed by atoms with Crippen molar-refractivity contribution in [1.82, 2.24) is 0 Å². The molecule has 0 aromatic carbocycles. The lowest BCUT2D eigenvalue weighted by Gasteiger charge is -1.95. The van der Waals surface area contributed by atoms with E-state index in [9.17, 15) is 4.79 Å². The second-order valence-corrected chi connectivity index (χ2v) is 3.58. The van der Waals surface area contributed by atoms with Crippen molar-refractivity contribution in [3.63, 3.8) is 0 Å². The van der Waals surface area contributed by atoms with Gasteiger partial charge in [-0.15, -0.1) is 0 Å². The van der Waals surface area contributed by atoms with Gasteiger partial charge in [-0.2, -0.15) is 0 Å². The summed E-state index contributed by atoms with van der Waals surface area (Å²) in [6, 6.07) is 0. The van der Waals surface area contributed by atoms with Crippen molar-refractivity contribution in [1.29, 1.82) is 0 Å². The van der Waals surface area contributed by atoms with Gasteiger partial charge >= 0.3 is 0 Å². The molecule has 0 bridgehead atoms. The minimum Gasteiger partial charge on any atom is -0.300 e. The molecule has 0 amide bonds. The molecule has 0 aliphatic carbocycles. The first-order valence-corrected chi connectivity index (χ1v) is 5.41. The van der Waals surface area contributed by atoms with E-state index in [1.165, 1.54) is 32.1 Å². The van der Waals surface area contributed by atoms with Gasteiger partial charge in [0.05, 0.1) is 0 Å². The van der Waals surface area contributed by atoms with Crippen LogP contribution in [0.1, 0.15) is 58.8 Å². The maximum absolute atomic E-state index is 10.6.